The summed E-state index contributed by atoms with van der Waals surface area (Å²) in [6.07, 6.45) is 2.48. The van der Waals surface area contributed by atoms with Gasteiger partial charge >= 0.3 is 0 Å². The Bertz CT molecular complexity index is 506. The Morgan fingerprint density at radius 1 is 1.39 bits per heavy atom. The van der Waals surface area contributed by atoms with Crippen LogP contribution in [0, 0.1) is 0 Å². The molecule has 0 unspecified atom stereocenters. The number of aromatic nitrogens is 1. The fraction of sp³-hybridized carbons (Fsp3) is 0.333. The number of unbranched alkanes of at least 4 members (excludes halogenated alkanes) is 1. The number of nitrogens with zero attached hydrogens (tertiary/aromatic N) is 2. The smallest absolute Gasteiger partial charge is 0.256 e. The van der Waals surface area contributed by atoms with E-state index < -0.39 is 0 Å². The second kappa shape index (κ2) is 6.30. The van der Waals surface area contributed by atoms with Gasteiger partial charge in [0, 0.05) is 12.2 Å². The van der Waals surface area contributed by atoms with Crippen LogP contribution in [0.5, 0.6) is 0 Å². The topological polar surface area (TPSA) is 84.6 Å². The second-order valence-electron chi connectivity index (χ2n) is 3.84. The highest BCUT2D eigenvalue weighted by Crippen LogP contribution is 2.23. The summed E-state index contributed by atoms with van der Waals surface area (Å²) in [5, 5.41) is 12.0. The van der Waals surface area contributed by atoms with E-state index in [0.29, 0.717) is 11.6 Å². The van der Waals surface area contributed by atoms with Crippen LogP contribution in [0.3, 0.4) is 0 Å². The van der Waals surface area contributed by atoms with Gasteiger partial charge in [-0.15, -0.1) is 0 Å². The molecule has 0 radical (unpaired) electrons. The van der Waals surface area contributed by atoms with Gasteiger partial charge in [0.2, 0.25) is 0 Å². The zero-order chi connectivity index (χ0) is 12.8. The van der Waals surface area contributed by atoms with Crippen LogP contribution in [-0.4, -0.2) is 21.8 Å². The lowest BCUT2D eigenvalue weighted by Gasteiger charge is -1.97. The molecular formula is C12H15N3O2S. The predicted octanol–water partition coefficient (Wildman–Crippen LogP) is 2.84. The Balaban J connectivity index is 1.76. The molecule has 1 heterocycles. The van der Waals surface area contributed by atoms with Crippen molar-refractivity contribution in [2.24, 2.45) is 10.9 Å². The average molecular weight is 265 g/mol. The minimum atomic E-state index is 0.280. The van der Waals surface area contributed by atoms with Gasteiger partial charge < -0.3 is 15.4 Å². The highest BCUT2D eigenvalue weighted by molar-refractivity contribution is 7.99. The van der Waals surface area contributed by atoms with E-state index in [0.717, 1.165) is 29.7 Å². The molecule has 0 fully saturated rings. The number of rotatable bonds is 6. The highest BCUT2D eigenvalue weighted by Gasteiger charge is 2.05. The number of hydrogen-bond acceptors (Lipinski definition) is 5. The highest BCUT2D eigenvalue weighted by atomic mass is 32.2. The number of para-hydroxylation sites is 2. The average Bonchev–Trinajstić information content (AvgIpc) is 2.80. The third kappa shape index (κ3) is 3.40. The van der Waals surface area contributed by atoms with Gasteiger partial charge in [-0.25, -0.2) is 4.98 Å². The molecule has 0 amide bonds. The van der Waals surface area contributed by atoms with E-state index in [-0.39, 0.29) is 5.84 Å². The van der Waals surface area contributed by atoms with Crippen molar-refractivity contribution >= 4 is 28.7 Å². The normalized spacial score (nSPS) is 12.1. The van der Waals surface area contributed by atoms with Crippen LogP contribution < -0.4 is 5.73 Å². The van der Waals surface area contributed by atoms with Gasteiger partial charge in [-0.05, 0) is 25.0 Å². The molecule has 2 rings (SSSR count). The van der Waals surface area contributed by atoms with Gasteiger partial charge in [0.05, 0.1) is 0 Å². The van der Waals surface area contributed by atoms with Crippen molar-refractivity contribution in [2.45, 2.75) is 24.5 Å². The molecule has 0 saturated carbocycles. The standard InChI is InChI=1S/C12H15N3O2S/c13-11(15-16)7-3-4-8-18-12-14-9-5-1-2-6-10(9)17-12/h1-2,5-6,16H,3-4,7-8H2,(H2,13,15). The van der Waals surface area contributed by atoms with Crippen LogP contribution in [0.1, 0.15) is 19.3 Å². The minimum absolute atomic E-state index is 0.280. The monoisotopic (exact) mass is 265 g/mol. The van der Waals surface area contributed by atoms with E-state index in [1.54, 1.807) is 11.8 Å². The Morgan fingerprint density at radius 2 is 2.22 bits per heavy atom. The first-order valence-electron chi connectivity index (χ1n) is 5.74. The fourth-order valence-corrected chi connectivity index (χ4v) is 2.37. The first-order valence-corrected chi connectivity index (χ1v) is 6.73. The van der Waals surface area contributed by atoms with Gasteiger partial charge in [-0.3, -0.25) is 0 Å². The minimum Gasteiger partial charge on any atom is -0.431 e. The molecule has 5 nitrogen and oxygen atoms in total. The number of amidine groups is 1. The second-order valence-corrected chi connectivity index (χ2v) is 4.89. The van der Waals surface area contributed by atoms with Crippen molar-refractivity contribution in [1.29, 1.82) is 0 Å². The van der Waals surface area contributed by atoms with Crippen molar-refractivity contribution in [3.05, 3.63) is 24.3 Å². The Kier molecular flexibility index (Phi) is 4.46. The predicted molar refractivity (Wildman–Crippen MR) is 72.0 cm³/mol. The molecular weight excluding hydrogens is 250 g/mol. The van der Waals surface area contributed by atoms with Crippen LogP contribution in [0.2, 0.25) is 0 Å². The lowest BCUT2D eigenvalue weighted by Crippen LogP contribution is -2.10. The molecule has 0 saturated heterocycles. The van der Waals surface area contributed by atoms with Crippen LogP contribution in [-0.2, 0) is 0 Å². The Labute approximate surface area is 109 Å². The summed E-state index contributed by atoms with van der Waals surface area (Å²) in [4.78, 5) is 4.37. The largest absolute Gasteiger partial charge is 0.431 e. The van der Waals surface area contributed by atoms with E-state index in [9.17, 15) is 0 Å². The number of hydrogen-bond donors (Lipinski definition) is 2. The summed E-state index contributed by atoms with van der Waals surface area (Å²) in [5.41, 5.74) is 7.08. The number of thioether (sulfide) groups is 1. The summed E-state index contributed by atoms with van der Waals surface area (Å²) in [7, 11) is 0. The van der Waals surface area contributed by atoms with E-state index in [1.807, 2.05) is 24.3 Å². The molecule has 0 aliphatic heterocycles. The number of oxime groups is 1. The molecule has 0 aliphatic rings. The molecule has 1 aromatic carbocycles. The summed E-state index contributed by atoms with van der Waals surface area (Å²) < 4.78 is 5.58. The summed E-state index contributed by atoms with van der Waals surface area (Å²) in [6.45, 7) is 0. The number of benzene rings is 1. The van der Waals surface area contributed by atoms with Crippen molar-refractivity contribution < 1.29 is 9.62 Å². The fourth-order valence-electron chi connectivity index (χ4n) is 1.53. The van der Waals surface area contributed by atoms with Crippen LogP contribution in [0.25, 0.3) is 11.1 Å². The summed E-state index contributed by atoms with van der Waals surface area (Å²) >= 11 is 1.58. The zero-order valence-corrected chi connectivity index (χ0v) is 10.7. The third-order valence-electron chi connectivity index (χ3n) is 2.46. The molecule has 0 atom stereocenters. The van der Waals surface area contributed by atoms with Crippen molar-refractivity contribution in [2.75, 3.05) is 5.75 Å². The molecule has 1 aromatic heterocycles. The molecule has 2 aromatic rings. The number of oxazole rings is 1. The molecule has 18 heavy (non-hydrogen) atoms. The molecule has 0 spiro atoms. The van der Waals surface area contributed by atoms with Crippen LogP contribution >= 0.6 is 11.8 Å². The van der Waals surface area contributed by atoms with Crippen molar-refractivity contribution in [3.8, 4) is 0 Å². The van der Waals surface area contributed by atoms with E-state index >= 15 is 0 Å². The maximum absolute atomic E-state index is 8.38. The summed E-state index contributed by atoms with van der Waals surface area (Å²) in [5.74, 6) is 1.19. The molecule has 96 valence electrons. The lowest BCUT2D eigenvalue weighted by atomic mass is 10.2. The Hall–Kier alpha value is -1.69. The van der Waals surface area contributed by atoms with E-state index in [1.165, 1.54) is 0 Å². The maximum Gasteiger partial charge on any atom is 0.256 e. The quantitative estimate of drug-likeness (QED) is 0.209. The lowest BCUT2D eigenvalue weighted by molar-refractivity contribution is 0.316. The van der Waals surface area contributed by atoms with E-state index in [4.69, 9.17) is 15.4 Å². The zero-order valence-electron chi connectivity index (χ0n) is 9.87. The van der Waals surface area contributed by atoms with Gasteiger partial charge in [0.25, 0.3) is 5.22 Å². The number of nitrogens with two attached hydrogens (primary N) is 1. The van der Waals surface area contributed by atoms with Crippen molar-refractivity contribution in [1.82, 2.24) is 4.98 Å². The number of fused-ring (bicyclic) bond motifs is 1. The molecule has 3 N–H and O–H groups in total. The van der Waals surface area contributed by atoms with Crippen molar-refractivity contribution in [3.63, 3.8) is 0 Å². The van der Waals surface area contributed by atoms with Gasteiger partial charge in [-0.2, -0.15) is 0 Å². The summed E-state index contributed by atoms with van der Waals surface area (Å²) in [6, 6.07) is 7.71. The first-order chi connectivity index (χ1) is 8.79. The van der Waals surface area contributed by atoms with E-state index in [2.05, 4.69) is 10.1 Å². The van der Waals surface area contributed by atoms with Crippen LogP contribution in [0.4, 0.5) is 0 Å². The Morgan fingerprint density at radius 3 is 3.00 bits per heavy atom. The molecule has 6 heteroatoms. The SMILES string of the molecule is NC(CCCCSc1nc2ccccc2o1)=NO. The molecule has 0 bridgehead atoms. The van der Waals surface area contributed by atoms with Gasteiger partial charge in [0.15, 0.2) is 5.58 Å². The molecule has 0 aliphatic carbocycles. The maximum atomic E-state index is 8.38. The van der Waals surface area contributed by atoms with Gasteiger partial charge in [-0.1, -0.05) is 29.1 Å². The first kappa shape index (κ1) is 12.8. The van der Waals surface area contributed by atoms with Gasteiger partial charge in [0.1, 0.15) is 11.4 Å². The third-order valence-corrected chi connectivity index (χ3v) is 3.37. The van der Waals surface area contributed by atoms with Crippen LogP contribution in [0.15, 0.2) is 39.1 Å².